The zero-order valence-electron chi connectivity index (χ0n) is 16.9. The lowest BCUT2D eigenvalue weighted by atomic mass is 10.1. The third-order valence-corrected chi connectivity index (χ3v) is 6.92. The summed E-state index contributed by atoms with van der Waals surface area (Å²) in [5.74, 6) is -0.807. The molecule has 2 heterocycles. The number of piperazine rings is 1. The number of rotatable bonds is 4. The topological polar surface area (TPSA) is 90.6 Å². The van der Waals surface area contributed by atoms with E-state index in [2.05, 4.69) is 4.98 Å². The molecule has 0 atom stereocenters. The minimum absolute atomic E-state index is 0.0872. The van der Waals surface area contributed by atoms with E-state index in [1.807, 2.05) is 0 Å². The van der Waals surface area contributed by atoms with Crippen LogP contribution in [0.2, 0.25) is 0 Å². The summed E-state index contributed by atoms with van der Waals surface area (Å²) >= 11 is 0. The van der Waals surface area contributed by atoms with Crippen LogP contribution < -0.4 is 0 Å². The zero-order chi connectivity index (χ0) is 24.8. The second-order valence-corrected chi connectivity index (χ2v) is 9.23. The van der Waals surface area contributed by atoms with E-state index >= 15 is 0 Å². The minimum Gasteiger partial charge on any atom is -0.356 e. The van der Waals surface area contributed by atoms with Gasteiger partial charge in [0, 0.05) is 37.9 Å². The largest absolute Gasteiger partial charge is 0.416 e. The molecule has 2 aromatic rings. The van der Waals surface area contributed by atoms with Gasteiger partial charge in [0.15, 0.2) is 5.78 Å². The highest BCUT2D eigenvalue weighted by atomic mass is 32.2. The normalized spacial score (nSPS) is 16.2. The summed E-state index contributed by atoms with van der Waals surface area (Å²) in [5.41, 5.74) is -3.12. The number of nitrogens with one attached hydrogen (secondary N) is 1. The number of halogens is 6. The number of H-pyrrole nitrogens is 1. The zero-order valence-corrected chi connectivity index (χ0v) is 17.7. The van der Waals surface area contributed by atoms with E-state index in [-0.39, 0.29) is 61.4 Å². The molecule has 180 valence electrons. The Labute approximate surface area is 184 Å². The molecule has 0 aliphatic carbocycles. The van der Waals surface area contributed by atoms with Gasteiger partial charge in [0.05, 0.1) is 16.0 Å². The van der Waals surface area contributed by atoms with Gasteiger partial charge < -0.3 is 9.88 Å². The third-order valence-electron chi connectivity index (χ3n) is 5.04. The van der Waals surface area contributed by atoms with Crippen LogP contribution in [0, 0.1) is 0 Å². The molecule has 14 heteroatoms. The number of ketones is 1. The highest BCUT2D eigenvalue weighted by Gasteiger charge is 2.39. The smallest absolute Gasteiger partial charge is 0.356 e. The average molecular weight is 497 g/mol. The maximum atomic E-state index is 13.1. The lowest BCUT2D eigenvalue weighted by molar-refractivity contribution is -0.143. The van der Waals surface area contributed by atoms with Crippen LogP contribution in [-0.4, -0.2) is 60.5 Å². The highest BCUT2D eigenvalue weighted by Crippen LogP contribution is 2.37. The molecule has 0 radical (unpaired) electrons. The lowest BCUT2D eigenvalue weighted by Crippen LogP contribution is -2.50. The molecule has 1 aromatic heterocycles. The van der Waals surface area contributed by atoms with Gasteiger partial charge in [0.25, 0.3) is 5.91 Å². The van der Waals surface area contributed by atoms with Crippen LogP contribution in [0.3, 0.4) is 0 Å². The van der Waals surface area contributed by atoms with Gasteiger partial charge >= 0.3 is 12.4 Å². The fourth-order valence-corrected chi connectivity index (χ4v) is 4.74. The first kappa shape index (κ1) is 24.8. The standard InChI is InChI=1S/C19H17F6N3O4S/c1-11(29)12-6-16(26-10-12)17(30)27-2-4-28(5-3-27)33(31,32)15-8-13(18(20,21)22)7-14(9-15)19(23,24)25/h6-10,26H,2-5H2,1H3. The summed E-state index contributed by atoms with van der Waals surface area (Å²) in [6, 6.07) is 1.49. The first-order valence-electron chi connectivity index (χ1n) is 9.39. The lowest BCUT2D eigenvalue weighted by Gasteiger charge is -2.34. The maximum Gasteiger partial charge on any atom is 0.416 e. The number of aromatic nitrogens is 1. The Morgan fingerprint density at radius 3 is 1.82 bits per heavy atom. The van der Waals surface area contributed by atoms with Crippen molar-refractivity contribution in [1.29, 1.82) is 0 Å². The number of carbonyl (C=O) groups excluding carboxylic acids is 2. The van der Waals surface area contributed by atoms with Crippen LogP contribution >= 0.6 is 0 Å². The molecule has 1 aliphatic rings. The van der Waals surface area contributed by atoms with E-state index in [0.717, 1.165) is 4.31 Å². The number of alkyl halides is 6. The van der Waals surface area contributed by atoms with E-state index in [9.17, 15) is 44.3 Å². The Bertz CT molecular complexity index is 1150. The van der Waals surface area contributed by atoms with Crippen molar-refractivity contribution in [1.82, 2.24) is 14.2 Å². The Kier molecular flexibility index (Phi) is 6.37. The van der Waals surface area contributed by atoms with Crippen molar-refractivity contribution in [2.24, 2.45) is 0 Å². The molecular formula is C19H17F6N3O4S. The van der Waals surface area contributed by atoms with Crippen LogP contribution in [0.4, 0.5) is 26.3 Å². The maximum absolute atomic E-state index is 13.1. The summed E-state index contributed by atoms with van der Waals surface area (Å²) in [6.07, 6.45) is -9.04. The van der Waals surface area contributed by atoms with Gasteiger partial charge in [0.1, 0.15) is 5.69 Å². The second kappa shape index (κ2) is 8.48. The van der Waals surface area contributed by atoms with Crippen molar-refractivity contribution < 1.29 is 44.3 Å². The molecule has 33 heavy (non-hydrogen) atoms. The van der Waals surface area contributed by atoms with Crippen LogP contribution in [0.5, 0.6) is 0 Å². The van der Waals surface area contributed by atoms with Crippen molar-refractivity contribution in [2.75, 3.05) is 26.2 Å². The molecule has 0 bridgehead atoms. The number of nitrogens with zero attached hydrogens (tertiary/aromatic N) is 2. The molecule has 7 nitrogen and oxygen atoms in total. The molecule has 3 rings (SSSR count). The number of Topliss-reactive ketones (excluding diaryl/α,β-unsaturated/α-hetero) is 1. The average Bonchev–Trinajstić information content (AvgIpc) is 3.22. The summed E-state index contributed by atoms with van der Waals surface area (Å²) in [7, 11) is -4.71. The molecule has 1 aliphatic heterocycles. The Hall–Kier alpha value is -2.87. The van der Waals surface area contributed by atoms with Gasteiger partial charge in [-0.25, -0.2) is 8.42 Å². The van der Waals surface area contributed by atoms with E-state index in [4.69, 9.17) is 0 Å². The molecule has 1 N–H and O–H groups in total. The number of sulfonamides is 1. The molecule has 0 unspecified atom stereocenters. The van der Waals surface area contributed by atoms with E-state index in [1.165, 1.54) is 24.1 Å². The van der Waals surface area contributed by atoms with Crippen LogP contribution in [0.15, 0.2) is 35.4 Å². The van der Waals surface area contributed by atoms with Gasteiger partial charge in [-0.2, -0.15) is 30.6 Å². The van der Waals surface area contributed by atoms with Crippen molar-refractivity contribution in [3.63, 3.8) is 0 Å². The molecule has 1 amide bonds. The van der Waals surface area contributed by atoms with Gasteiger partial charge in [-0.15, -0.1) is 0 Å². The quantitative estimate of drug-likeness (QED) is 0.518. The second-order valence-electron chi connectivity index (χ2n) is 7.30. The van der Waals surface area contributed by atoms with E-state index < -0.39 is 44.3 Å². The van der Waals surface area contributed by atoms with Crippen molar-refractivity contribution >= 4 is 21.7 Å². The number of hydrogen-bond donors (Lipinski definition) is 1. The Balaban J connectivity index is 1.82. The number of aromatic amines is 1. The van der Waals surface area contributed by atoms with E-state index in [1.54, 1.807) is 0 Å². The van der Waals surface area contributed by atoms with Crippen molar-refractivity contribution in [3.8, 4) is 0 Å². The summed E-state index contributed by atoms with van der Waals surface area (Å²) < 4.78 is 105. The SMILES string of the molecule is CC(=O)c1c[nH]c(C(=O)N2CCN(S(=O)(=O)c3cc(C(F)(F)F)cc(C(F)(F)F)c3)CC2)c1. The van der Waals surface area contributed by atoms with Crippen molar-refractivity contribution in [3.05, 3.63) is 52.8 Å². The summed E-state index contributed by atoms with van der Waals surface area (Å²) in [5, 5.41) is 0. The van der Waals surface area contributed by atoms with Crippen molar-refractivity contribution in [2.45, 2.75) is 24.2 Å². The van der Waals surface area contributed by atoms with E-state index in [0.29, 0.717) is 0 Å². The number of benzene rings is 1. The fraction of sp³-hybridized carbons (Fsp3) is 0.368. The third kappa shape index (κ3) is 5.21. The first-order chi connectivity index (χ1) is 15.1. The molecule has 0 spiro atoms. The van der Waals surface area contributed by atoms with Crippen LogP contribution in [0.25, 0.3) is 0 Å². The highest BCUT2D eigenvalue weighted by molar-refractivity contribution is 7.89. The first-order valence-corrected chi connectivity index (χ1v) is 10.8. The monoisotopic (exact) mass is 497 g/mol. The predicted octanol–water partition coefficient (Wildman–Crippen LogP) is 3.40. The molecule has 1 aromatic carbocycles. The number of hydrogen-bond acceptors (Lipinski definition) is 4. The predicted molar refractivity (Wildman–Crippen MR) is 102 cm³/mol. The fourth-order valence-electron chi connectivity index (χ4n) is 3.25. The summed E-state index contributed by atoms with van der Waals surface area (Å²) in [4.78, 5) is 26.7. The Morgan fingerprint density at radius 1 is 0.879 bits per heavy atom. The molecule has 1 fully saturated rings. The number of amides is 1. The molecule has 1 saturated heterocycles. The van der Waals surface area contributed by atoms with Gasteiger partial charge in [-0.05, 0) is 31.2 Å². The van der Waals surface area contributed by atoms with Gasteiger partial charge in [-0.3, -0.25) is 9.59 Å². The molecular weight excluding hydrogens is 480 g/mol. The van der Waals surface area contributed by atoms with Gasteiger partial charge in [-0.1, -0.05) is 0 Å². The minimum atomic E-state index is -5.19. The van der Waals surface area contributed by atoms with Crippen LogP contribution in [0.1, 0.15) is 38.9 Å². The molecule has 0 saturated carbocycles. The Morgan fingerprint density at radius 2 is 1.39 bits per heavy atom. The number of carbonyl (C=O) groups is 2. The summed E-state index contributed by atoms with van der Waals surface area (Å²) in [6.45, 7) is 0.312. The van der Waals surface area contributed by atoms with Gasteiger partial charge in [0.2, 0.25) is 10.0 Å². The van der Waals surface area contributed by atoms with Crippen LogP contribution in [-0.2, 0) is 22.4 Å².